The van der Waals surface area contributed by atoms with Crippen LogP contribution in [0.5, 0.6) is 0 Å². The molecule has 0 aliphatic heterocycles. The number of carbonyl (C=O) groups is 2. The Kier molecular flexibility index (Phi) is 7.92. The number of aryl methyl sites for hydroxylation is 2. The van der Waals surface area contributed by atoms with Gasteiger partial charge in [0.2, 0.25) is 0 Å². The van der Waals surface area contributed by atoms with Crippen LogP contribution in [-0.4, -0.2) is 12.1 Å². The molecule has 0 bridgehead atoms. The summed E-state index contributed by atoms with van der Waals surface area (Å²) in [4.78, 5) is 26.9. The summed E-state index contributed by atoms with van der Waals surface area (Å²) in [6.45, 7) is 23.8. The Bertz CT molecular complexity index is 2040. The van der Waals surface area contributed by atoms with Crippen LogP contribution in [0.1, 0.15) is 154 Å². The van der Waals surface area contributed by atoms with Crippen LogP contribution in [0.25, 0.3) is 40.0 Å². The van der Waals surface area contributed by atoms with Crippen LogP contribution in [0.15, 0.2) is 42.5 Å². The molecule has 234 valence electrons. The summed E-state index contributed by atoms with van der Waals surface area (Å²) < 4.78 is 0. The highest BCUT2D eigenvalue weighted by atomic mass is 16.1. The molecule has 2 aromatic rings. The van der Waals surface area contributed by atoms with Gasteiger partial charge in [0.1, 0.15) is 0 Å². The Morgan fingerprint density at radius 1 is 0.609 bits per heavy atom. The molecule has 0 N–H and O–H groups in total. The third-order valence-electron chi connectivity index (χ3n) is 10.5. The average Bonchev–Trinajstić information content (AvgIpc) is 3.57. The van der Waals surface area contributed by atoms with Gasteiger partial charge in [0, 0.05) is 16.7 Å². The van der Waals surface area contributed by atoms with Crippen LogP contribution in [0.4, 0.5) is 0 Å². The molecule has 0 aromatic heterocycles. The molecule has 0 radical (unpaired) electrons. The van der Waals surface area contributed by atoms with Gasteiger partial charge in [0.15, 0.2) is 12.1 Å². The molecule has 0 fully saturated rings. The standard InChI is InChI=1S/C44H46O2/c1-22(2)30-13-12-25(7)40-35(17-30)26(8)16-38(40)43-28(10)37-20-34(24(5)6)36(27(9)42(37)44(43)46)19-32-15-14-31-18-33(23(3)4)39(21-45)29(11)41(31)32/h12-24H,1-11H3. The number of hydrogen-bond acceptors (Lipinski definition) is 2. The van der Waals surface area contributed by atoms with E-state index in [2.05, 4.69) is 131 Å². The van der Waals surface area contributed by atoms with Gasteiger partial charge in [-0.3, -0.25) is 9.59 Å². The lowest BCUT2D eigenvalue weighted by atomic mass is 9.84. The van der Waals surface area contributed by atoms with E-state index in [0.717, 1.165) is 78.6 Å². The van der Waals surface area contributed by atoms with Gasteiger partial charge in [0.25, 0.3) is 0 Å². The highest BCUT2D eigenvalue weighted by molar-refractivity contribution is 6.41. The monoisotopic (exact) mass is 606 g/mol. The topological polar surface area (TPSA) is 34.1 Å². The highest BCUT2D eigenvalue weighted by Gasteiger charge is 2.35. The second-order valence-electron chi connectivity index (χ2n) is 14.4. The van der Waals surface area contributed by atoms with E-state index in [9.17, 15) is 9.59 Å². The fourth-order valence-electron chi connectivity index (χ4n) is 7.84. The molecule has 0 unspecified atom stereocenters. The number of aldehydes is 1. The zero-order valence-corrected chi connectivity index (χ0v) is 29.3. The largest absolute Gasteiger partial charge is 0.298 e. The highest BCUT2D eigenvalue weighted by Crippen LogP contribution is 2.48. The van der Waals surface area contributed by atoms with Gasteiger partial charge in [0.05, 0.1) is 0 Å². The fraction of sp³-hybridized carbons (Fsp3) is 0.318. The summed E-state index contributed by atoms with van der Waals surface area (Å²) in [5.74, 6) is 1.06. The van der Waals surface area contributed by atoms with Crippen molar-refractivity contribution in [1.82, 2.24) is 0 Å². The van der Waals surface area contributed by atoms with Crippen LogP contribution in [-0.2, 0) is 0 Å². The molecule has 0 heterocycles. The van der Waals surface area contributed by atoms with Gasteiger partial charge >= 0.3 is 0 Å². The van der Waals surface area contributed by atoms with E-state index in [1.54, 1.807) is 0 Å². The lowest BCUT2D eigenvalue weighted by Crippen LogP contribution is -2.06. The van der Waals surface area contributed by atoms with E-state index in [0.29, 0.717) is 5.92 Å². The van der Waals surface area contributed by atoms with Gasteiger partial charge in [-0.1, -0.05) is 84.0 Å². The Balaban J connectivity index is 1.53. The third kappa shape index (κ3) is 4.77. The lowest BCUT2D eigenvalue weighted by molar-refractivity contribution is 0.105. The quantitative estimate of drug-likeness (QED) is 0.205. The van der Waals surface area contributed by atoms with Crippen LogP contribution >= 0.6 is 0 Å². The molecule has 2 heteroatoms. The molecule has 6 rings (SSSR count). The van der Waals surface area contributed by atoms with Crippen molar-refractivity contribution in [1.29, 1.82) is 0 Å². The van der Waals surface area contributed by atoms with Crippen molar-refractivity contribution in [2.75, 3.05) is 0 Å². The zero-order valence-electron chi connectivity index (χ0n) is 29.3. The number of ketones is 1. The van der Waals surface area contributed by atoms with Crippen LogP contribution in [0.2, 0.25) is 0 Å². The van der Waals surface area contributed by atoms with Crippen molar-refractivity contribution < 1.29 is 9.59 Å². The second kappa shape index (κ2) is 11.5. The first-order valence-corrected chi connectivity index (χ1v) is 16.8. The Hall–Kier alpha value is -4.30. The number of rotatable bonds is 6. The number of Topliss-reactive ketones (excluding diaryl/α,β-unsaturated/α-hetero) is 1. The van der Waals surface area contributed by atoms with Gasteiger partial charge in [-0.05, 0) is 154 Å². The predicted octanol–water partition coefficient (Wildman–Crippen LogP) is 11.9. The summed E-state index contributed by atoms with van der Waals surface area (Å²) in [5.41, 5.74) is 20.6. The zero-order chi connectivity index (χ0) is 33.4. The Morgan fingerprint density at radius 2 is 1.26 bits per heavy atom. The van der Waals surface area contributed by atoms with E-state index >= 15 is 0 Å². The fourth-order valence-corrected chi connectivity index (χ4v) is 7.84. The summed E-state index contributed by atoms with van der Waals surface area (Å²) in [5, 5.41) is 0. The molecule has 0 amide bonds. The summed E-state index contributed by atoms with van der Waals surface area (Å²) in [6, 6.07) is 13.4. The van der Waals surface area contributed by atoms with Gasteiger partial charge in [-0.25, -0.2) is 0 Å². The van der Waals surface area contributed by atoms with E-state index in [1.165, 1.54) is 33.4 Å². The molecular weight excluding hydrogens is 560 g/mol. The molecule has 0 saturated heterocycles. The Morgan fingerprint density at radius 3 is 1.89 bits per heavy atom. The average molecular weight is 607 g/mol. The number of hydrogen-bond donors (Lipinski definition) is 0. The maximum atomic E-state index is 14.6. The van der Waals surface area contributed by atoms with Crippen LogP contribution < -0.4 is 0 Å². The van der Waals surface area contributed by atoms with Crippen molar-refractivity contribution in [3.63, 3.8) is 0 Å². The molecule has 4 aliphatic carbocycles. The smallest absolute Gasteiger partial charge is 0.194 e. The first kappa shape index (κ1) is 31.7. The maximum absolute atomic E-state index is 14.6. The van der Waals surface area contributed by atoms with Crippen molar-refractivity contribution in [2.45, 2.75) is 93.9 Å². The van der Waals surface area contributed by atoms with E-state index in [1.807, 2.05) is 0 Å². The molecule has 2 nitrogen and oxygen atoms in total. The molecule has 0 atom stereocenters. The Labute approximate surface area is 275 Å². The summed E-state index contributed by atoms with van der Waals surface area (Å²) in [6.07, 6.45) is 7.59. The minimum absolute atomic E-state index is 0.116. The number of allylic oxidation sites excluding steroid dienone is 4. The SMILES string of the molecule is CC1=C(c2cc(C)c3cc(C(C)C)ccc(C)c2-3)C(=O)c2c1cc(C(C)C)c(C=C1C=Cc3cc(C(C)C)c(C=O)c(C)c31)c2C. The molecule has 46 heavy (non-hydrogen) atoms. The minimum Gasteiger partial charge on any atom is -0.298 e. The van der Waals surface area contributed by atoms with E-state index in [-0.39, 0.29) is 17.6 Å². The first-order chi connectivity index (χ1) is 21.8. The third-order valence-corrected chi connectivity index (χ3v) is 10.5. The van der Waals surface area contributed by atoms with Crippen molar-refractivity contribution in [2.24, 2.45) is 0 Å². The van der Waals surface area contributed by atoms with Gasteiger partial charge in [-0.2, -0.15) is 0 Å². The molecule has 4 aliphatic rings. The summed E-state index contributed by atoms with van der Waals surface area (Å²) >= 11 is 0. The predicted molar refractivity (Wildman–Crippen MR) is 196 cm³/mol. The summed E-state index contributed by atoms with van der Waals surface area (Å²) in [7, 11) is 0. The minimum atomic E-state index is 0.116. The normalized spacial score (nSPS) is 15.0. The lowest BCUT2D eigenvalue weighted by Gasteiger charge is -2.19. The van der Waals surface area contributed by atoms with E-state index < -0.39 is 0 Å². The van der Waals surface area contributed by atoms with Crippen molar-refractivity contribution >= 4 is 40.9 Å². The first-order valence-electron chi connectivity index (χ1n) is 16.8. The van der Waals surface area contributed by atoms with Crippen molar-refractivity contribution in [3.05, 3.63) is 120 Å². The van der Waals surface area contributed by atoms with Crippen LogP contribution in [0.3, 0.4) is 0 Å². The molecular formula is C44H46O2. The molecule has 2 aromatic carbocycles. The van der Waals surface area contributed by atoms with Gasteiger partial charge in [-0.15, -0.1) is 0 Å². The molecule has 0 saturated carbocycles. The number of carbonyl (C=O) groups excluding carboxylic acids is 2. The molecule has 0 spiro atoms. The van der Waals surface area contributed by atoms with Gasteiger partial charge < -0.3 is 0 Å². The second-order valence-corrected chi connectivity index (χ2v) is 14.4. The van der Waals surface area contributed by atoms with E-state index in [4.69, 9.17) is 0 Å². The maximum Gasteiger partial charge on any atom is 0.194 e. The van der Waals surface area contributed by atoms with Crippen LogP contribution in [0, 0.1) is 27.7 Å². The van der Waals surface area contributed by atoms with Crippen molar-refractivity contribution in [3.8, 4) is 11.1 Å². The number of fused-ring (bicyclic) bond motifs is 3. The number of benzene rings is 2.